The summed E-state index contributed by atoms with van der Waals surface area (Å²) in [6.07, 6.45) is 9.62. The molecule has 1 saturated carbocycles. The zero-order valence-electron chi connectivity index (χ0n) is 16.3. The van der Waals surface area contributed by atoms with E-state index in [1.165, 1.54) is 67.7 Å². The molecule has 1 heteroatoms. The Bertz CT molecular complexity index is 886. The zero-order chi connectivity index (χ0) is 18.6. The number of fused-ring (bicyclic) bond motifs is 1. The van der Waals surface area contributed by atoms with Gasteiger partial charge in [0.05, 0.1) is 0 Å². The van der Waals surface area contributed by atoms with Crippen LogP contribution in [0.1, 0.15) is 63.4 Å². The molecule has 0 N–H and O–H groups in total. The van der Waals surface area contributed by atoms with Crippen molar-refractivity contribution < 1.29 is 4.39 Å². The summed E-state index contributed by atoms with van der Waals surface area (Å²) in [5, 5.41) is 2.04. The lowest BCUT2D eigenvalue weighted by Gasteiger charge is -2.29. The van der Waals surface area contributed by atoms with E-state index in [1.807, 2.05) is 12.1 Å². The zero-order valence-corrected chi connectivity index (χ0v) is 16.3. The van der Waals surface area contributed by atoms with Gasteiger partial charge in [0.25, 0.3) is 0 Å². The monoisotopic (exact) mass is 360 g/mol. The average molecular weight is 361 g/mol. The van der Waals surface area contributed by atoms with Crippen molar-refractivity contribution in [1.82, 2.24) is 0 Å². The molecular weight excluding hydrogens is 331 g/mol. The molecule has 140 valence electrons. The van der Waals surface area contributed by atoms with Gasteiger partial charge in [0, 0.05) is 0 Å². The summed E-state index contributed by atoms with van der Waals surface area (Å²) in [5.74, 6) is 1.52. The maximum absolute atomic E-state index is 13.4. The molecular formula is C26H29F. The molecule has 0 aliphatic heterocycles. The second-order valence-electron chi connectivity index (χ2n) is 8.19. The highest BCUT2D eigenvalue weighted by molar-refractivity contribution is 5.87. The Kier molecular flexibility index (Phi) is 5.57. The molecule has 1 aliphatic rings. The molecule has 27 heavy (non-hydrogen) atoms. The molecule has 0 atom stereocenters. The minimum atomic E-state index is -0.177. The Morgan fingerprint density at radius 1 is 0.778 bits per heavy atom. The third kappa shape index (κ3) is 4.24. The van der Waals surface area contributed by atoms with Crippen LogP contribution in [-0.2, 0) is 0 Å². The van der Waals surface area contributed by atoms with E-state index in [0.29, 0.717) is 0 Å². The van der Waals surface area contributed by atoms with E-state index in [2.05, 4.69) is 43.3 Å². The van der Waals surface area contributed by atoms with Gasteiger partial charge < -0.3 is 0 Å². The van der Waals surface area contributed by atoms with Crippen LogP contribution in [0.4, 0.5) is 4.39 Å². The first-order chi connectivity index (χ1) is 13.2. The van der Waals surface area contributed by atoms with Crippen LogP contribution in [0.15, 0.2) is 60.7 Å². The summed E-state index contributed by atoms with van der Waals surface area (Å²) in [5.41, 5.74) is 3.93. The van der Waals surface area contributed by atoms with Crippen molar-refractivity contribution in [2.75, 3.05) is 0 Å². The predicted octanol–water partition coefficient (Wildman–Crippen LogP) is 8.11. The lowest BCUT2D eigenvalue weighted by Crippen LogP contribution is -2.13. The standard InChI is InChI=1S/C26H29F/c1-2-3-4-19-5-7-20(8-6-19)21-9-11-22(12-10-21)23-13-14-25-18-26(27)16-15-24(25)17-23/h9-20H,2-8H2,1H3/t19-,20-. The van der Waals surface area contributed by atoms with Gasteiger partial charge in [-0.05, 0) is 83.2 Å². The van der Waals surface area contributed by atoms with Crippen molar-refractivity contribution in [3.05, 3.63) is 72.0 Å². The first kappa shape index (κ1) is 18.2. The van der Waals surface area contributed by atoms with Gasteiger partial charge in [0.2, 0.25) is 0 Å². The minimum Gasteiger partial charge on any atom is -0.207 e. The van der Waals surface area contributed by atoms with E-state index in [9.17, 15) is 4.39 Å². The summed E-state index contributed by atoms with van der Waals surface area (Å²) in [6.45, 7) is 2.29. The molecule has 3 aromatic carbocycles. The van der Waals surface area contributed by atoms with Crippen LogP contribution in [0.2, 0.25) is 0 Å². The van der Waals surface area contributed by atoms with Crippen molar-refractivity contribution in [2.24, 2.45) is 5.92 Å². The fourth-order valence-electron chi connectivity index (χ4n) is 4.62. The highest BCUT2D eigenvalue weighted by Gasteiger charge is 2.21. The number of unbranched alkanes of at least 4 members (excludes halogenated alkanes) is 1. The minimum absolute atomic E-state index is 0.177. The van der Waals surface area contributed by atoms with E-state index < -0.39 is 0 Å². The van der Waals surface area contributed by atoms with Crippen molar-refractivity contribution in [1.29, 1.82) is 0 Å². The summed E-state index contributed by atoms with van der Waals surface area (Å²) in [4.78, 5) is 0. The first-order valence-electron chi connectivity index (χ1n) is 10.5. The fourth-order valence-corrected chi connectivity index (χ4v) is 4.62. The van der Waals surface area contributed by atoms with Crippen LogP contribution in [0, 0.1) is 11.7 Å². The largest absolute Gasteiger partial charge is 0.207 e. The first-order valence-corrected chi connectivity index (χ1v) is 10.5. The van der Waals surface area contributed by atoms with Gasteiger partial charge in [-0.15, -0.1) is 0 Å². The van der Waals surface area contributed by atoms with Crippen LogP contribution < -0.4 is 0 Å². The Morgan fingerprint density at radius 3 is 2.19 bits per heavy atom. The molecule has 0 unspecified atom stereocenters. The number of hydrogen-bond donors (Lipinski definition) is 0. The van der Waals surface area contributed by atoms with E-state index in [4.69, 9.17) is 0 Å². The molecule has 0 amide bonds. The van der Waals surface area contributed by atoms with Crippen LogP contribution in [0.5, 0.6) is 0 Å². The van der Waals surface area contributed by atoms with Gasteiger partial charge in [-0.3, -0.25) is 0 Å². The molecule has 0 aromatic heterocycles. The van der Waals surface area contributed by atoms with Crippen LogP contribution in [0.25, 0.3) is 21.9 Å². The highest BCUT2D eigenvalue weighted by atomic mass is 19.1. The quantitative estimate of drug-likeness (QED) is 0.431. The predicted molar refractivity (Wildman–Crippen MR) is 114 cm³/mol. The number of halogens is 1. The lowest BCUT2D eigenvalue weighted by molar-refractivity contribution is 0.304. The molecule has 0 radical (unpaired) electrons. The van der Waals surface area contributed by atoms with Crippen molar-refractivity contribution in [3.8, 4) is 11.1 Å². The lowest BCUT2D eigenvalue weighted by atomic mass is 9.77. The third-order valence-electron chi connectivity index (χ3n) is 6.33. The highest BCUT2D eigenvalue weighted by Crippen LogP contribution is 2.38. The Hall–Kier alpha value is -2.15. The summed E-state index contributed by atoms with van der Waals surface area (Å²) >= 11 is 0. The molecule has 0 spiro atoms. The Balaban J connectivity index is 1.45. The summed E-state index contributed by atoms with van der Waals surface area (Å²) < 4.78 is 13.4. The third-order valence-corrected chi connectivity index (χ3v) is 6.33. The number of hydrogen-bond acceptors (Lipinski definition) is 0. The van der Waals surface area contributed by atoms with E-state index in [-0.39, 0.29) is 5.82 Å². The van der Waals surface area contributed by atoms with Crippen molar-refractivity contribution >= 4 is 10.8 Å². The maximum atomic E-state index is 13.4. The Morgan fingerprint density at radius 2 is 1.44 bits per heavy atom. The van der Waals surface area contributed by atoms with E-state index >= 15 is 0 Å². The molecule has 0 heterocycles. The summed E-state index contributed by atoms with van der Waals surface area (Å²) in [7, 11) is 0. The SMILES string of the molecule is CCCC[C@H]1CC[C@H](c2ccc(-c3ccc4cc(F)ccc4c3)cc2)CC1. The summed E-state index contributed by atoms with van der Waals surface area (Å²) in [6, 6.07) is 20.4. The van der Waals surface area contributed by atoms with Crippen molar-refractivity contribution in [3.63, 3.8) is 0 Å². The van der Waals surface area contributed by atoms with Gasteiger partial charge in [-0.1, -0.05) is 68.7 Å². The number of benzene rings is 3. The number of rotatable bonds is 5. The molecule has 0 saturated heterocycles. The van der Waals surface area contributed by atoms with Gasteiger partial charge >= 0.3 is 0 Å². The molecule has 3 aromatic rings. The maximum Gasteiger partial charge on any atom is 0.123 e. The molecule has 1 aliphatic carbocycles. The molecule has 4 rings (SSSR count). The fraction of sp³-hybridized carbons (Fsp3) is 0.385. The van der Waals surface area contributed by atoms with Crippen molar-refractivity contribution in [2.45, 2.75) is 57.8 Å². The molecule has 1 fully saturated rings. The molecule has 0 nitrogen and oxygen atoms in total. The normalized spacial score (nSPS) is 20.1. The second kappa shape index (κ2) is 8.25. The van der Waals surface area contributed by atoms with E-state index in [1.54, 1.807) is 6.07 Å². The van der Waals surface area contributed by atoms with Gasteiger partial charge in [0.15, 0.2) is 0 Å². The van der Waals surface area contributed by atoms with Gasteiger partial charge in [-0.25, -0.2) is 4.39 Å². The van der Waals surface area contributed by atoms with Gasteiger partial charge in [0.1, 0.15) is 5.82 Å². The molecule has 0 bridgehead atoms. The topological polar surface area (TPSA) is 0 Å². The second-order valence-corrected chi connectivity index (χ2v) is 8.19. The van der Waals surface area contributed by atoms with Gasteiger partial charge in [-0.2, -0.15) is 0 Å². The average Bonchev–Trinajstić information content (AvgIpc) is 2.72. The van der Waals surface area contributed by atoms with Crippen LogP contribution in [-0.4, -0.2) is 0 Å². The van der Waals surface area contributed by atoms with E-state index in [0.717, 1.165) is 22.6 Å². The van der Waals surface area contributed by atoms with Crippen LogP contribution in [0.3, 0.4) is 0 Å². The Labute approximate surface area is 162 Å². The van der Waals surface area contributed by atoms with Crippen LogP contribution >= 0.6 is 0 Å². The smallest absolute Gasteiger partial charge is 0.123 e.